The van der Waals surface area contributed by atoms with Gasteiger partial charge in [-0.15, -0.1) is 0 Å². The number of aromatic nitrogens is 2. The van der Waals surface area contributed by atoms with Crippen molar-refractivity contribution in [3.05, 3.63) is 53.5 Å². The van der Waals surface area contributed by atoms with Crippen LogP contribution in [0.1, 0.15) is 68.3 Å². The number of hydrogen-bond acceptors (Lipinski definition) is 6. The first-order valence-corrected chi connectivity index (χ1v) is 16.9. The number of hydrogen-bond donors (Lipinski definition) is 0. The molecule has 3 aliphatic heterocycles. The van der Waals surface area contributed by atoms with Gasteiger partial charge in [-0.2, -0.15) is 5.10 Å². The summed E-state index contributed by atoms with van der Waals surface area (Å²) in [5.41, 5.74) is 4.37. The zero-order valence-corrected chi connectivity index (χ0v) is 27.7. The number of benzene rings is 2. The number of amides is 1. The maximum Gasteiger partial charge on any atom is 0.254 e. The van der Waals surface area contributed by atoms with E-state index in [4.69, 9.17) is 9.47 Å². The number of rotatable bonds is 10. The van der Waals surface area contributed by atoms with Crippen LogP contribution in [-0.4, -0.2) is 108 Å². The molecule has 2 atom stereocenters. The van der Waals surface area contributed by atoms with Crippen LogP contribution in [0.4, 0.5) is 4.39 Å². The minimum atomic E-state index is -0.407. The highest BCUT2D eigenvalue weighted by Gasteiger charge is 2.35. The maximum absolute atomic E-state index is 14.7. The van der Waals surface area contributed by atoms with E-state index in [0.29, 0.717) is 49.3 Å². The summed E-state index contributed by atoms with van der Waals surface area (Å²) in [4.78, 5) is 20.9. The summed E-state index contributed by atoms with van der Waals surface area (Å²) in [7, 11) is 3.79. The third-order valence-corrected chi connectivity index (χ3v) is 10.5. The van der Waals surface area contributed by atoms with Crippen molar-refractivity contribution in [2.75, 3.05) is 59.6 Å². The van der Waals surface area contributed by atoms with Crippen LogP contribution in [0, 0.1) is 11.7 Å². The second kappa shape index (κ2) is 13.9. The third kappa shape index (κ3) is 6.82. The molecule has 244 valence electrons. The van der Waals surface area contributed by atoms with Crippen LogP contribution in [0.5, 0.6) is 0 Å². The number of halogens is 1. The third-order valence-electron chi connectivity index (χ3n) is 10.5. The minimum absolute atomic E-state index is 0.0650. The lowest BCUT2D eigenvalue weighted by Gasteiger charge is -2.46. The van der Waals surface area contributed by atoms with Gasteiger partial charge in [0.2, 0.25) is 0 Å². The average Bonchev–Trinajstić information content (AvgIpc) is 3.39. The summed E-state index contributed by atoms with van der Waals surface area (Å²) in [6, 6.07) is 9.61. The van der Waals surface area contributed by atoms with Crippen LogP contribution in [-0.2, 0) is 16.5 Å². The van der Waals surface area contributed by atoms with Gasteiger partial charge in [-0.05, 0) is 86.0 Å². The van der Waals surface area contributed by atoms with E-state index in [0.717, 1.165) is 61.1 Å². The Kier molecular flexibility index (Phi) is 9.90. The van der Waals surface area contributed by atoms with Crippen molar-refractivity contribution in [2.45, 2.75) is 70.6 Å². The molecular formula is C36H50FN5O3. The van der Waals surface area contributed by atoms with Crippen molar-refractivity contribution in [2.24, 2.45) is 13.0 Å². The molecule has 0 radical (unpaired) electrons. The lowest BCUT2D eigenvalue weighted by molar-refractivity contribution is 0.00361. The monoisotopic (exact) mass is 619 g/mol. The fraction of sp³-hybridized carbons (Fsp3) is 0.611. The van der Waals surface area contributed by atoms with E-state index in [-0.39, 0.29) is 11.9 Å². The Labute approximate surface area is 267 Å². The van der Waals surface area contributed by atoms with Gasteiger partial charge in [-0.1, -0.05) is 19.9 Å². The molecular weight excluding hydrogens is 569 g/mol. The predicted octanol–water partition coefficient (Wildman–Crippen LogP) is 5.56. The Morgan fingerprint density at radius 3 is 2.60 bits per heavy atom. The standard InChI is InChI=1S/C36H50FN5O3/c1-24(2)34(7-6-12-40-13-10-29(44-5)11-14-40)41-21-27(22-41)26-17-31(33-20-38-39(4)35(33)18-26)30-9-8-28(37)19-32(30)36(43)42-15-16-45-23-25(42)3/h8-9,17-20,24-25,27,29,34H,6-7,10-16,21-23H2,1-5H3/t25-,34-/m1/s1. The molecule has 4 heterocycles. The summed E-state index contributed by atoms with van der Waals surface area (Å²) < 4.78 is 27.7. The van der Waals surface area contributed by atoms with Gasteiger partial charge in [0.25, 0.3) is 5.91 Å². The quantitative estimate of drug-likeness (QED) is 0.297. The van der Waals surface area contributed by atoms with Crippen molar-refractivity contribution in [1.82, 2.24) is 24.5 Å². The van der Waals surface area contributed by atoms with Crippen LogP contribution in [0.2, 0.25) is 0 Å². The summed E-state index contributed by atoms with van der Waals surface area (Å²) in [5.74, 6) is 0.433. The number of morpholine rings is 1. The number of aryl methyl sites for hydroxylation is 1. The van der Waals surface area contributed by atoms with Crippen molar-refractivity contribution in [3.8, 4) is 11.1 Å². The normalized spacial score (nSPS) is 21.5. The van der Waals surface area contributed by atoms with Crippen molar-refractivity contribution < 1.29 is 18.7 Å². The molecule has 3 saturated heterocycles. The topological polar surface area (TPSA) is 63.1 Å². The van der Waals surface area contributed by atoms with Gasteiger partial charge in [-0.3, -0.25) is 14.4 Å². The van der Waals surface area contributed by atoms with Crippen molar-refractivity contribution in [3.63, 3.8) is 0 Å². The maximum atomic E-state index is 14.7. The Hall–Kier alpha value is -2.85. The zero-order chi connectivity index (χ0) is 31.7. The number of carbonyl (C=O) groups excluding carboxylic acids is 1. The molecule has 0 spiro atoms. The van der Waals surface area contributed by atoms with Crippen LogP contribution < -0.4 is 0 Å². The molecule has 0 saturated carbocycles. The number of likely N-dealkylation sites (tertiary alicyclic amines) is 2. The van der Waals surface area contributed by atoms with E-state index in [1.54, 1.807) is 6.07 Å². The summed E-state index contributed by atoms with van der Waals surface area (Å²) in [5, 5.41) is 5.55. The molecule has 45 heavy (non-hydrogen) atoms. The number of methoxy groups -OCH3 is 1. The smallest absolute Gasteiger partial charge is 0.254 e. The molecule has 0 bridgehead atoms. The van der Waals surface area contributed by atoms with E-state index in [1.807, 2.05) is 36.9 Å². The average molecular weight is 620 g/mol. The van der Waals surface area contributed by atoms with Crippen LogP contribution in [0.3, 0.4) is 0 Å². The van der Waals surface area contributed by atoms with Crippen LogP contribution >= 0.6 is 0 Å². The minimum Gasteiger partial charge on any atom is -0.381 e. The van der Waals surface area contributed by atoms with Gasteiger partial charge in [0, 0.05) is 64.2 Å². The first-order chi connectivity index (χ1) is 21.7. The fourth-order valence-corrected chi connectivity index (χ4v) is 7.66. The molecule has 0 unspecified atom stereocenters. The SMILES string of the molecule is COC1CCN(CCC[C@H](C(C)C)N2CC(c3cc(-c4ccc(F)cc4C(=O)N4CCOC[C@H]4C)c4cnn(C)c4c3)C2)CC1. The highest BCUT2D eigenvalue weighted by Crippen LogP contribution is 2.39. The zero-order valence-electron chi connectivity index (χ0n) is 27.7. The van der Waals surface area contributed by atoms with Crippen molar-refractivity contribution in [1.29, 1.82) is 0 Å². The van der Waals surface area contributed by atoms with Gasteiger partial charge in [0.1, 0.15) is 5.82 Å². The summed E-state index contributed by atoms with van der Waals surface area (Å²) >= 11 is 0. The molecule has 9 heteroatoms. The van der Waals surface area contributed by atoms with Gasteiger partial charge < -0.3 is 19.3 Å². The van der Waals surface area contributed by atoms with Gasteiger partial charge >= 0.3 is 0 Å². The second-order valence-electron chi connectivity index (χ2n) is 13.8. The van der Waals surface area contributed by atoms with Gasteiger partial charge in [-0.25, -0.2) is 4.39 Å². The molecule has 8 nitrogen and oxygen atoms in total. The molecule has 3 aromatic rings. The van der Waals surface area contributed by atoms with E-state index >= 15 is 0 Å². The molecule has 6 rings (SSSR count). The number of piperidine rings is 1. The Morgan fingerprint density at radius 2 is 1.89 bits per heavy atom. The number of fused-ring (bicyclic) bond motifs is 1. The summed E-state index contributed by atoms with van der Waals surface area (Å²) in [6.07, 6.45) is 7.00. The van der Waals surface area contributed by atoms with Gasteiger partial charge in [0.15, 0.2) is 0 Å². The van der Waals surface area contributed by atoms with E-state index in [2.05, 4.69) is 40.9 Å². The van der Waals surface area contributed by atoms with Crippen LogP contribution in [0.25, 0.3) is 22.0 Å². The fourth-order valence-electron chi connectivity index (χ4n) is 7.66. The first kappa shape index (κ1) is 32.1. The Morgan fingerprint density at radius 1 is 1.11 bits per heavy atom. The highest BCUT2D eigenvalue weighted by molar-refractivity contribution is 6.05. The molecule has 0 N–H and O–H groups in total. The van der Waals surface area contributed by atoms with E-state index in [1.165, 1.54) is 37.1 Å². The molecule has 0 aliphatic carbocycles. The molecule has 2 aromatic carbocycles. The molecule has 3 aliphatic rings. The molecule has 1 aromatic heterocycles. The molecule has 3 fully saturated rings. The van der Waals surface area contributed by atoms with Crippen molar-refractivity contribution >= 4 is 16.8 Å². The first-order valence-electron chi connectivity index (χ1n) is 16.9. The predicted molar refractivity (Wildman–Crippen MR) is 176 cm³/mol. The summed E-state index contributed by atoms with van der Waals surface area (Å²) in [6.45, 7) is 13.6. The lowest BCUT2D eigenvalue weighted by Crippen LogP contribution is -2.52. The van der Waals surface area contributed by atoms with E-state index < -0.39 is 5.82 Å². The number of carbonyl (C=O) groups is 1. The second-order valence-corrected chi connectivity index (χ2v) is 13.8. The Bertz CT molecular complexity index is 1480. The number of nitrogens with zero attached hydrogens (tertiary/aromatic N) is 5. The lowest BCUT2D eigenvalue weighted by atomic mass is 9.84. The molecule has 1 amide bonds. The van der Waals surface area contributed by atoms with Gasteiger partial charge in [0.05, 0.1) is 42.6 Å². The van der Waals surface area contributed by atoms with E-state index in [9.17, 15) is 9.18 Å². The largest absolute Gasteiger partial charge is 0.381 e. The number of ether oxygens (including phenoxy) is 2. The highest BCUT2D eigenvalue weighted by atomic mass is 19.1. The Balaban J connectivity index is 1.20. The van der Waals surface area contributed by atoms with Crippen LogP contribution in [0.15, 0.2) is 36.5 Å².